The van der Waals surface area contributed by atoms with Gasteiger partial charge in [-0.1, -0.05) is 0 Å². The Morgan fingerprint density at radius 2 is 2.44 bits per heavy atom. The third-order valence-corrected chi connectivity index (χ3v) is 1.64. The van der Waals surface area contributed by atoms with Crippen molar-refractivity contribution < 1.29 is 9.90 Å². The first-order valence-corrected chi connectivity index (χ1v) is 3.58. The van der Waals surface area contributed by atoms with E-state index < -0.39 is 5.97 Å². The van der Waals surface area contributed by atoms with E-state index >= 15 is 0 Å². The average Bonchev–Trinajstić information content (AvgIpc) is 2.14. The zero-order chi connectivity index (χ0) is 6.85. The van der Waals surface area contributed by atoms with Gasteiger partial charge in [0.2, 0.25) is 0 Å². The predicted octanol–water partition coefficient (Wildman–Crippen LogP) is -1.03. The van der Waals surface area contributed by atoms with E-state index in [1.165, 1.54) is 16.9 Å². The van der Waals surface area contributed by atoms with Crippen molar-refractivity contribution in [3.8, 4) is 0 Å². The summed E-state index contributed by atoms with van der Waals surface area (Å²) in [5.74, 6) is -0.904. The van der Waals surface area contributed by atoms with Crippen molar-refractivity contribution in [2.24, 2.45) is 0 Å². The van der Waals surface area contributed by atoms with Gasteiger partial charge in [0.15, 0.2) is 0 Å². The Labute approximate surface area is 60.6 Å². The molecule has 0 amide bonds. The third kappa shape index (κ3) is 1.36. The fourth-order valence-corrected chi connectivity index (χ4v) is 1.06. The Bertz CT molecular complexity index is 231. The number of hydrogen-bond donors (Lipinski definition) is 2. The van der Waals surface area contributed by atoms with Gasteiger partial charge in [-0.25, -0.2) is 0 Å². The number of carboxylic acid groups (broad SMARTS) is 1. The topological polar surface area (TPSA) is 53.1 Å². The van der Waals surface area contributed by atoms with Gasteiger partial charge in [-0.3, -0.25) is 0 Å². The molecule has 0 aliphatic heterocycles. The molecule has 0 radical (unpaired) electrons. The number of nitrogens with one attached hydrogen (secondary N) is 1. The maximum atomic E-state index is 10.2. The first-order chi connectivity index (χ1) is 4.20. The molecule has 0 saturated carbocycles. The molecule has 0 aliphatic carbocycles. The summed E-state index contributed by atoms with van der Waals surface area (Å²) in [6.45, 7) is 0. The van der Waals surface area contributed by atoms with Crippen LogP contribution >= 0.6 is 0 Å². The molecule has 2 N–H and O–H groups in total. The van der Waals surface area contributed by atoms with Crippen LogP contribution in [0.4, 0.5) is 0 Å². The van der Waals surface area contributed by atoms with Crippen molar-refractivity contribution in [3.63, 3.8) is 0 Å². The Morgan fingerprint density at radius 1 is 1.78 bits per heavy atom. The van der Waals surface area contributed by atoms with Crippen LogP contribution in [0.15, 0.2) is 12.3 Å². The van der Waals surface area contributed by atoms with Gasteiger partial charge in [0.25, 0.3) is 0 Å². The number of H-pyrrole nitrogens is 1. The summed E-state index contributed by atoms with van der Waals surface area (Å²) < 4.78 is 1.000. The third-order valence-electron chi connectivity index (χ3n) is 0.936. The molecule has 4 heteroatoms. The van der Waals surface area contributed by atoms with Gasteiger partial charge in [0, 0.05) is 0 Å². The van der Waals surface area contributed by atoms with Gasteiger partial charge in [0.1, 0.15) is 0 Å². The summed E-state index contributed by atoms with van der Waals surface area (Å²) >= 11 is 1.41. The molecule has 48 valence electrons. The molecule has 1 aromatic rings. The Morgan fingerprint density at radius 3 is 2.67 bits per heavy atom. The van der Waals surface area contributed by atoms with Gasteiger partial charge in [0.05, 0.1) is 0 Å². The van der Waals surface area contributed by atoms with Gasteiger partial charge in [-0.2, -0.15) is 0 Å². The van der Waals surface area contributed by atoms with E-state index in [0.717, 1.165) is 4.35 Å². The number of rotatable bonds is 1. The number of aromatic amines is 1. The second-order valence-electron chi connectivity index (χ2n) is 1.65. The minimum atomic E-state index is -0.904. The summed E-state index contributed by atoms with van der Waals surface area (Å²) in [6.07, 6.45) is 1.68. The molecule has 1 rings (SSSR count). The molecule has 0 fully saturated rings. The summed E-state index contributed by atoms with van der Waals surface area (Å²) in [6, 6.07) is 1.61. The second-order valence-corrected chi connectivity index (χ2v) is 3.05. The molecule has 0 saturated heterocycles. The molecule has 0 spiro atoms. The Balaban J connectivity index is 2.98. The van der Waals surface area contributed by atoms with E-state index in [4.69, 9.17) is 5.11 Å². The quantitative estimate of drug-likeness (QED) is 0.552. The van der Waals surface area contributed by atoms with Crippen LogP contribution in [-0.2, 0) is 0 Å². The van der Waals surface area contributed by atoms with Crippen LogP contribution < -0.4 is 4.35 Å². The summed E-state index contributed by atoms with van der Waals surface area (Å²) in [5, 5.41) is 8.37. The van der Waals surface area contributed by atoms with Crippen LogP contribution in [0, 0.1) is 0 Å². The van der Waals surface area contributed by atoms with E-state index in [0.29, 0.717) is 0 Å². The van der Waals surface area contributed by atoms with Crippen molar-refractivity contribution in [2.45, 2.75) is 0 Å². The van der Waals surface area contributed by atoms with E-state index in [9.17, 15) is 4.79 Å². The van der Waals surface area contributed by atoms with Crippen LogP contribution in [0.3, 0.4) is 0 Å². The van der Waals surface area contributed by atoms with Crippen molar-refractivity contribution in [1.29, 1.82) is 0 Å². The van der Waals surface area contributed by atoms with Gasteiger partial charge in [-0.15, -0.1) is 0 Å². The van der Waals surface area contributed by atoms with Crippen molar-refractivity contribution in [3.05, 3.63) is 18.0 Å². The van der Waals surface area contributed by atoms with E-state index in [-0.39, 0.29) is 5.69 Å². The zero-order valence-corrected chi connectivity index (χ0v) is 7.01. The fourth-order valence-electron chi connectivity index (χ4n) is 0.535. The number of carboxylic acids is 1. The van der Waals surface area contributed by atoms with Crippen LogP contribution in [0.2, 0.25) is 0 Å². The van der Waals surface area contributed by atoms with E-state index in [1.54, 1.807) is 12.3 Å². The molecule has 3 nitrogen and oxygen atoms in total. The number of aromatic carboxylic acids is 1. The standard InChI is InChI=1S/C5H6AsNO2/c6-3-1-4(5(8)9)7-2-3/h1-2,7H,6H2,(H,8,9). The summed E-state index contributed by atoms with van der Waals surface area (Å²) in [5.41, 5.74) is 0.259. The molecular formula is C5H6AsNO2. The van der Waals surface area contributed by atoms with Crippen molar-refractivity contribution in [2.75, 3.05) is 0 Å². The molecule has 0 aliphatic rings. The van der Waals surface area contributed by atoms with E-state index in [2.05, 4.69) is 4.98 Å². The minimum absolute atomic E-state index is 0.259. The maximum absolute atomic E-state index is 10.2. The van der Waals surface area contributed by atoms with Crippen LogP contribution in [0.1, 0.15) is 10.5 Å². The Kier molecular flexibility index (Phi) is 1.62. The van der Waals surface area contributed by atoms with Gasteiger partial charge < -0.3 is 0 Å². The normalized spacial score (nSPS) is 9.44. The first-order valence-electron chi connectivity index (χ1n) is 2.37. The second kappa shape index (κ2) is 2.27. The molecule has 1 unspecified atom stereocenters. The molecule has 1 heterocycles. The molecular weight excluding hydrogens is 181 g/mol. The SMILES string of the molecule is O=C(O)c1cc([AsH2])c[nH]1. The number of carbonyl (C=O) groups is 1. The van der Waals surface area contributed by atoms with Gasteiger partial charge in [-0.05, 0) is 0 Å². The predicted molar refractivity (Wildman–Crippen MR) is 35.9 cm³/mol. The van der Waals surface area contributed by atoms with Crippen LogP contribution in [-0.4, -0.2) is 32.9 Å². The van der Waals surface area contributed by atoms with Crippen LogP contribution in [0.25, 0.3) is 0 Å². The average molecular weight is 187 g/mol. The molecule has 9 heavy (non-hydrogen) atoms. The summed E-state index contributed by atoms with van der Waals surface area (Å²) in [7, 11) is 0. The number of aromatic nitrogens is 1. The molecule has 1 atom stereocenters. The molecule has 0 bridgehead atoms. The molecule has 0 aromatic carbocycles. The van der Waals surface area contributed by atoms with Crippen molar-refractivity contribution in [1.82, 2.24) is 4.98 Å². The zero-order valence-electron chi connectivity index (χ0n) is 4.59. The number of hydrogen-bond acceptors (Lipinski definition) is 1. The fraction of sp³-hybridized carbons (Fsp3) is 0. The van der Waals surface area contributed by atoms with E-state index in [1.807, 2.05) is 0 Å². The van der Waals surface area contributed by atoms with Gasteiger partial charge >= 0.3 is 60.0 Å². The first kappa shape index (κ1) is 6.43. The Hall–Kier alpha value is -0.692. The molecule has 1 aromatic heterocycles. The summed E-state index contributed by atoms with van der Waals surface area (Å²) in [4.78, 5) is 12.8. The monoisotopic (exact) mass is 187 g/mol. The van der Waals surface area contributed by atoms with Crippen LogP contribution in [0.5, 0.6) is 0 Å². The van der Waals surface area contributed by atoms with Crippen molar-refractivity contribution >= 4 is 27.2 Å².